The Morgan fingerprint density at radius 1 is 1.17 bits per heavy atom. The molecular weight excluding hydrogens is 269 g/mol. The number of halogens is 2. The molecule has 0 aliphatic heterocycles. The smallest absolute Gasteiger partial charge is 0.0659 e. The average molecular weight is 286 g/mol. The fourth-order valence-corrected chi connectivity index (χ4v) is 1.90. The monoisotopic (exact) mass is 285 g/mol. The van der Waals surface area contributed by atoms with E-state index >= 15 is 0 Å². The van der Waals surface area contributed by atoms with Gasteiger partial charge in [0.25, 0.3) is 0 Å². The first-order valence-electron chi connectivity index (χ1n) is 5.62. The van der Waals surface area contributed by atoms with Crippen molar-refractivity contribution in [3.05, 3.63) is 53.9 Å². The summed E-state index contributed by atoms with van der Waals surface area (Å²) in [6.07, 6.45) is 6.14. The van der Waals surface area contributed by atoms with Gasteiger partial charge in [0.1, 0.15) is 0 Å². The number of hydrogen-bond acceptors (Lipinski definition) is 2. The molecule has 5 heteroatoms. The van der Waals surface area contributed by atoms with E-state index in [1.807, 2.05) is 29.1 Å². The lowest BCUT2D eigenvalue weighted by Gasteiger charge is -2.03. The van der Waals surface area contributed by atoms with Crippen molar-refractivity contribution in [2.45, 2.75) is 24.9 Å². The van der Waals surface area contributed by atoms with Gasteiger partial charge in [0.15, 0.2) is 0 Å². The molecule has 1 aliphatic carbocycles. The molecule has 1 saturated carbocycles. The minimum atomic E-state index is -0.0745. The largest absolute Gasteiger partial charge is 0.321 e. The van der Waals surface area contributed by atoms with Crippen LogP contribution in [0.4, 0.5) is 0 Å². The number of aromatic nitrogens is 2. The molecule has 3 nitrogen and oxygen atoms in total. The second-order valence-electron chi connectivity index (χ2n) is 4.57. The minimum absolute atomic E-state index is 0. The maximum absolute atomic E-state index is 6.12. The molecule has 2 aromatic rings. The molecule has 1 aliphatic rings. The van der Waals surface area contributed by atoms with Gasteiger partial charge in [-0.2, -0.15) is 5.10 Å². The van der Waals surface area contributed by atoms with Crippen LogP contribution in [0.25, 0.3) is 0 Å². The van der Waals surface area contributed by atoms with Gasteiger partial charge in [0.2, 0.25) is 0 Å². The molecule has 1 aromatic carbocycles. The number of rotatable bonds is 3. The van der Waals surface area contributed by atoms with E-state index < -0.39 is 0 Å². The molecule has 0 saturated heterocycles. The van der Waals surface area contributed by atoms with Crippen molar-refractivity contribution in [1.82, 2.24) is 9.78 Å². The number of nitrogens with two attached hydrogens (primary N) is 1. The SMILES string of the molecule is Cl.Cl.NC1(c2cnn(Cc3ccccc3)c2)CC1. The van der Waals surface area contributed by atoms with Crippen LogP contribution in [-0.2, 0) is 12.1 Å². The Bertz CT molecular complexity index is 492. The van der Waals surface area contributed by atoms with Crippen LogP contribution in [0.15, 0.2) is 42.7 Å². The summed E-state index contributed by atoms with van der Waals surface area (Å²) >= 11 is 0. The summed E-state index contributed by atoms with van der Waals surface area (Å²) in [4.78, 5) is 0. The van der Waals surface area contributed by atoms with E-state index in [1.54, 1.807) is 0 Å². The van der Waals surface area contributed by atoms with Gasteiger partial charge in [0.05, 0.1) is 12.7 Å². The number of benzene rings is 1. The van der Waals surface area contributed by atoms with Gasteiger partial charge in [-0.15, -0.1) is 24.8 Å². The highest BCUT2D eigenvalue weighted by Crippen LogP contribution is 2.42. The normalized spacial score (nSPS) is 15.4. The van der Waals surface area contributed by atoms with Gasteiger partial charge in [-0.25, -0.2) is 0 Å². The maximum Gasteiger partial charge on any atom is 0.0659 e. The lowest BCUT2D eigenvalue weighted by atomic mass is 10.1. The third-order valence-electron chi connectivity index (χ3n) is 3.18. The molecule has 1 aromatic heterocycles. The maximum atomic E-state index is 6.12. The average Bonchev–Trinajstić information content (AvgIpc) is 2.88. The summed E-state index contributed by atoms with van der Waals surface area (Å²) in [6, 6.07) is 10.3. The second-order valence-corrected chi connectivity index (χ2v) is 4.57. The van der Waals surface area contributed by atoms with Gasteiger partial charge in [-0.1, -0.05) is 30.3 Å². The second kappa shape index (κ2) is 5.74. The molecule has 0 radical (unpaired) electrons. The van der Waals surface area contributed by atoms with Crippen molar-refractivity contribution in [2.75, 3.05) is 0 Å². The number of hydrogen-bond donors (Lipinski definition) is 1. The Morgan fingerprint density at radius 3 is 2.44 bits per heavy atom. The molecule has 0 amide bonds. The molecule has 0 unspecified atom stereocenters. The zero-order valence-electron chi connectivity index (χ0n) is 9.95. The molecule has 0 bridgehead atoms. The zero-order valence-corrected chi connectivity index (χ0v) is 11.6. The summed E-state index contributed by atoms with van der Waals surface area (Å²) in [5, 5.41) is 4.35. The van der Waals surface area contributed by atoms with E-state index in [2.05, 4.69) is 23.4 Å². The predicted octanol–water partition coefficient (Wildman–Crippen LogP) is 2.72. The van der Waals surface area contributed by atoms with Crippen molar-refractivity contribution < 1.29 is 0 Å². The Labute approximate surface area is 119 Å². The highest BCUT2D eigenvalue weighted by molar-refractivity contribution is 5.85. The third-order valence-corrected chi connectivity index (χ3v) is 3.18. The molecule has 18 heavy (non-hydrogen) atoms. The summed E-state index contributed by atoms with van der Waals surface area (Å²) in [6.45, 7) is 0.816. The quantitative estimate of drug-likeness (QED) is 0.942. The minimum Gasteiger partial charge on any atom is -0.321 e. The third kappa shape index (κ3) is 3.05. The topological polar surface area (TPSA) is 43.8 Å². The van der Waals surface area contributed by atoms with E-state index in [1.165, 1.54) is 11.1 Å². The highest BCUT2D eigenvalue weighted by Gasteiger charge is 2.40. The van der Waals surface area contributed by atoms with Crippen molar-refractivity contribution in [2.24, 2.45) is 5.73 Å². The fraction of sp³-hybridized carbons (Fsp3) is 0.308. The van der Waals surface area contributed by atoms with Crippen LogP contribution in [0.2, 0.25) is 0 Å². The van der Waals surface area contributed by atoms with Crippen LogP contribution in [0.1, 0.15) is 24.0 Å². The van der Waals surface area contributed by atoms with Crippen LogP contribution in [0.5, 0.6) is 0 Å². The van der Waals surface area contributed by atoms with E-state index in [0.29, 0.717) is 0 Å². The molecule has 1 heterocycles. The molecule has 98 valence electrons. The van der Waals surface area contributed by atoms with Crippen molar-refractivity contribution in [3.8, 4) is 0 Å². The zero-order chi connectivity index (χ0) is 11.0. The predicted molar refractivity (Wildman–Crippen MR) is 77.4 cm³/mol. The first-order chi connectivity index (χ1) is 7.76. The Kier molecular flexibility index (Phi) is 4.79. The van der Waals surface area contributed by atoms with Gasteiger partial charge >= 0.3 is 0 Å². The first kappa shape index (κ1) is 15.0. The number of nitrogens with zero attached hydrogens (tertiary/aromatic N) is 2. The Morgan fingerprint density at radius 2 is 1.83 bits per heavy atom. The standard InChI is InChI=1S/C13H15N3.2ClH/c14-13(6-7-13)12-8-15-16(10-12)9-11-4-2-1-3-5-11;;/h1-5,8,10H,6-7,9,14H2;2*1H. The summed E-state index contributed by atoms with van der Waals surface area (Å²) in [5.41, 5.74) is 8.48. The Balaban J connectivity index is 0.000000810. The molecule has 1 fully saturated rings. The summed E-state index contributed by atoms with van der Waals surface area (Å²) in [7, 11) is 0. The van der Waals surface area contributed by atoms with Gasteiger partial charge in [-0.05, 0) is 18.4 Å². The summed E-state index contributed by atoms with van der Waals surface area (Å²) in [5.74, 6) is 0. The van der Waals surface area contributed by atoms with E-state index in [4.69, 9.17) is 5.73 Å². The molecular formula is C13H17Cl2N3. The molecule has 3 rings (SSSR count). The van der Waals surface area contributed by atoms with E-state index in [0.717, 1.165) is 19.4 Å². The van der Waals surface area contributed by atoms with Gasteiger partial charge in [0, 0.05) is 17.3 Å². The lowest BCUT2D eigenvalue weighted by molar-refractivity contribution is 0.681. The molecule has 0 atom stereocenters. The summed E-state index contributed by atoms with van der Waals surface area (Å²) < 4.78 is 1.96. The van der Waals surface area contributed by atoms with Crippen molar-refractivity contribution >= 4 is 24.8 Å². The van der Waals surface area contributed by atoms with Crippen LogP contribution < -0.4 is 5.73 Å². The highest BCUT2D eigenvalue weighted by atomic mass is 35.5. The lowest BCUT2D eigenvalue weighted by Crippen LogP contribution is -2.17. The van der Waals surface area contributed by atoms with Crippen LogP contribution >= 0.6 is 24.8 Å². The molecule has 0 spiro atoms. The first-order valence-corrected chi connectivity index (χ1v) is 5.62. The van der Waals surface area contributed by atoms with E-state index in [9.17, 15) is 0 Å². The van der Waals surface area contributed by atoms with Gasteiger partial charge in [-0.3, -0.25) is 4.68 Å². The fourth-order valence-electron chi connectivity index (χ4n) is 1.90. The van der Waals surface area contributed by atoms with Crippen LogP contribution in [-0.4, -0.2) is 9.78 Å². The Hall–Kier alpha value is -1.03. The molecule has 2 N–H and O–H groups in total. The van der Waals surface area contributed by atoms with Crippen molar-refractivity contribution in [3.63, 3.8) is 0 Å². The van der Waals surface area contributed by atoms with Crippen LogP contribution in [0, 0.1) is 0 Å². The van der Waals surface area contributed by atoms with Gasteiger partial charge < -0.3 is 5.73 Å². The van der Waals surface area contributed by atoms with Crippen LogP contribution in [0.3, 0.4) is 0 Å². The van der Waals surface area contributed by atoms with E-state index in [-0.39, 0.29) is 30.4 Å². The van der Waals surface area contributed by atoms with Crippen molar-refractivity contribution in [1.29, 1.82) is 0 Å².